The fourth-order valence-electron chi connectivity index (χ4n) is 3.00. The van der Waals surface area contributed by atoms with Crippen LogP contribution in [0.4, 0.5) is 10.5 Å². The van der Waals surface area contributed by atoms with E-state index in [1.807, 2.05) is 54.7 Å². The number of nitrogens with one attached hydrogen (secondary N) is 3. The molecule has 2 aromatic carbocycles. The minimum Gasteiger partial charge on any atom is -0.493 e. The van der Waals surface area contributed by atoms with Crippen molar-refractivity contribution in [2.45, 2.75) is 12.5 Å². The molecule has 5 heteroatoms. The smallest absolute Gasteiger partial charge is 0.319 e. The van der Waals surface area contributed by atoms with Crippen molar-refractivity contribution in [3.8, 4) is 5.75 Å². The number of aromatic nitrogens is 1. The molecule has 1 aliphatic heterocycles. The Hall–Kier alpha value is -2.95. The normalized spacial score (nSPS) is 16.4. The Morgan fingerprint density at radius 2 is 2.04 bits per heavy atom. The van der Waals surface area contributed by atoms with Crippen LogP contribution in [0, 0.1) is 0 Å². The second-order valence-corrected chi connectivity index (χ2v) is 5.57. The highest BCUT2D eigenvalue weighted by Gasteiger charge is 2.22. The number of aromatic amines is 1. The van der Waals surface area contributed by atoms with Crippen LogP contribution in [0.5, 0.6) is 5.75 Å². The Balaban J connectivity index is 1.52. The van der Waals surface area contributed by atoms with Gasteiger partial charge in [-0.1, -0.05) is 24.3 Å². The Morgan fingerprint density at radius 3 is 3.00 bits per heavy atom. The first-order chi connectivity index (χ1) is 11.3. The van der Waals surface area contributed by atoms with Crippen LogP contribution >= 0.6 is 0 Å². The molecular formula is C18H17N3O2. The van der Waals surface area contributed by atoms with E-state index in [0.717, 1.165) is 34.3 Å². The molecular weight excluding hydrogens is 290 g/mol. The minimum atomic E-state index is -0.208. The van der Waals surface area contributed by atoms with Gasteiger partial charge in [0.1, 0.15) is 5.75 Å². The lowest BCUT2D eigenvalue weighted by Crippen LogP contribution is -2.35. The van der Waals surface area contributed by atoms with Crippen molar-refractivity contribution in [1.29, 1.82) is 0 Å². The second-order valence-electron chi connectivity index (χ2n) is 5.57. The van der Waals surface area contributed by atoms with Gasteiger partial charge in [0.2, 0.25) is 0 Å². The lowest BCUT2D eigenvalue weighted by Gasteiger charge is -2.26. The summed E-state index contributed by atoms with van der Waals surface area (Å²) < 4.78 is 5.62. The van der Waals surface area contributed by atoms with Crippen LogP contribution < -0.4 is 15.4 Å². The minimum absolute atomic E-state index is 0.0367. The van der Waals surface area contributed by atoms with Crippen LogP contribution in [0.1, 0.15) is 18.0 Å². The highest BCUT2D eigenvalue weighted by Crippen LogP contribution is 2.31. The zero-order valence-corrected chi connectivity index (χ0v) is 12.5. The van der Waals surface area contributed by atoms with Crippen LogP contribution in [-0.2, 0) is 0 Å². The van der Waals surface area contributed by atoms with Gasteiger partial charge in [0, 0.05) is 29.1 Å². The fraction of sp³-hybridized carbons (Fsp3) is 0.167. The van der Waals surface area contributed by atoms with E-state index in [-0.39, 0.29) is 12.1 Å². The third-order valence-corrected chi connectivity index (χ3v) is 4.11. The molecule has 0 spiro atoms. The van der Waals surface area contributed by atoms with Gasteiger partial charge < -0.3 is 20.4 Å². The molecule has 0 aliphatic carbocycles. The molecule has 2 heterocycles. The lowest BCUT2D eigenvalue weighted by molar-refractivity contribution is 0.232. The average molecular weight is 307 g/mol. The summed E-state index contributed by atoms with van der Waals surface area (Å²) in [5.41, 5.74) is 2.81. The van der Waals surface area contributed by atoms with Crippen molar-refractivity contribution in [3.05, 3.63) is 60.3 Å². The Kier molecular flexibility index (Phi) is 3.38. The van der Waals surface area contributed by atoms with Gasteiger partial charge in [-0.05, 0) is 24.3 Å². The van der Waals surface area contributed by atoms with Gasteiger partial charge in [-0.25, -0.2) is 4.79 Å². The van der Waals surface area contributed by atoms with E-state index in [2.05, 4.69) is 15.6 Å². The van der Waals surface area contributed by atoms with Crippen LogP contribution in [0.15, 0.2) is 54.7 Å². The number of carbonyl (C=O) groups is 1. The predicted octanol–water partition coefficient (Wildman–Crippen LogP) is 3.81. The predicted molar refractivity (Wildman–Crippen MR) is 89.7 cm³/mol. The van der Waals surface area contributed by atoms with Crippen molar-refractivity contribution in [2.24, 2.45) is 0 Å². The van der Waals surface area contributed by atoms with Gasteiger partial charge in [0.05, 0.1) is 18.3 Å². The van der Waals surface area contributed by atoms with Crippen molar-refractivity contribution >= 4 is 22.6 Å². The van der Waals surface area contributed by atoms with Gasteiger partial charge >= 0.3 is 6.03 Å². The molecule has 0 saturated heterocycles. The van der Waals surface area contributed by atoms with Gasteiger partial charge in [-0.3, -0.25) is 0 Å². The third-order valence-electron chi connectivity index (χ3n) is 4.11. The molecule has 0 bridgehead atoms. The summed E-state index contributed by atoms with van der Waals surface area (Å²) >= 11 is 0. The summed E-state index contributed by atoms with van der Waals surface area (Å²) in [6, 6.07) is 15.3. The van der Waals surface area contributed by atoms with Crippen molar-refractivity contribution in [2.75, 3.05) is 11.9 Å². The fourth-order valence-corrected chi connectivity index (χ4v) is 3.00. The number of para-hydroxylation sites is 1. The summed E-state index contributed by atoms with van der Waals surface area (Å²) in [6.45, 7) is 0.607. The van der Waals surface area contributed by atoms with Crippen LogP contribution in [0.25, 0.3) is 10.9 Å². The van der Waals surface area contributed by atoms with Gasteiger partial charge in [0.25, 0.3) is 0 Å². The monoisotopic (exact) mass is 307 g/mol. The number of carbonyl (C=O) groups excluding carboxylic acids is 1. The number of benzene rings is 2. The first kappa shape index (κ1) is 13.7. The van der Waals surface area contributed by atoms with E-state index in [1.165, 1.54) is 0 Å². The van der Waals surface area contributed by atoms with E-state index >= 15 is 0 Å². The molecule has 116 valence electrons. The molecule has 23 heavy (non-hydrogen) atoms. The van der Waals surface area contributed by atoms with E-state index < -0.39 is 0 Å². The number of hydrogen-bond acceptors (Lipinski definition) is 2. The van der Waals surface area contributed by atoms with Crippen molar-refractivity contribution in [3.63, 3.8) is 0 Å². The highest BCUT2D eigenvalue weighted by atomic mass is 16.5. The van der Waals surface area contributed by atoms with Crippen LogP contribution in [0.3, 0.4) is 0 Å². The molecule has 1 aliphatic rings. The largest absolute Gasteiger partial charge is 0.493 e. The number of ether oxygens (including phenoxy) is 1. The third kappa shape index (κ3) is 2.61. The maximum absolute atomic E-state index is 12.4. The van der Waals surface area contributed by atoms with E-state index in [1.54, 1.807) is 0 Å². The lowest BCUT2D eigenvalue weighted by atomic mass is 10.0. The zero-order chi connectivity index (χ0) is 15.6. The summed E-state index contributed by atoms with van der Waals surface area (Å²) in [6.07, 6.45) is 2.63. The maximum atomic E-state index is 12.4. The SMILES string of the molecule is O=C(Nc1cccc2[nH]ccc12)N[C@@H]1CCOc2ccccc21. The maximum Gasteiger partial charge on any atom is 0.319 e. The first-order valence-electron chi connectivity index (χ1n) is 7.66. The molecule has 0 fully saturated rings. The van der Waals surface area contributed by atoms with Gasteiger partial charge in [-0.2, -0.15) is 0 Å². The first-order valence-corrected chi connectivity index (χ1v) is 7.66. The summed E-state index contributed by atoms with van der Waals surface area (Å²) in [4.78, 5) is 15.5. The van der Waals surface area contributed by atoms with Crippen LogP contribution in [0.2, 0.25) is 0 Å². The summed E-state index contributed by atoms with van der Waals surface area (Å²) in [5.74, 6) is 0.844. The molecule has 2 amide bonds. The summed E-state index contributed by atoms with van der Waals surface area (Å²) in [7, 11) is 0. The van der Waals surface area contributed by atoms with Crippen LogP contribution in [-0.4, -0.2) is 17.6 Å². The second kappa shape index (κ2) is 5.68. The highest BCUT2D eigenvalue weighted by molar-refractivity contribution is 6.00. The topological polar surface area (TPSA) is 66.2 Å². The van der Waals surface area contributed by atoms with E-state index in [4.69, 9.17) is 4.74 Å². The quantitative estimate of drug-likeness (QED) is 0.674. The number of anilines is 1. The Bertz CT molecular complexity index is 856. The Morgan fingerprint density at radius 1 is 1.13 bits per heavy atom. The van der Waals surface area contributed by atoms with Crippen molar-refractivity contribution < 1.29 is 9.53 Å². The molecule has 5 nitrogen and oxygen atoms in total. The van der Waals surface area contributed by atoms with Gasteiger partial charge in [-0.15, -0.1) is 0 Å². The number of urea groups is 1. The molecule has 3 aromatic rings. The molecule has 4 rings (SSSR count). The molecule has 3 N–H and O–H groups in total. The standard InChI is InChI=1S/C18H17N3O2/c22-18(20-15-6-3-5-14-12(15)8-10-19-14)21-16-9-11-23-17-7-2-1-4-13(16)17/h1-8,10,16,19H,9,11H2,(H2,20,21,22)/t16-/m1/s1. The van der Waals surface area contributed by atoms with E-state index in [9.17, 15) is 4.79 Å². The Labute approximate surface area is 133 Å². The number of fused-ring (bicyclic) bond motifs is 2. The molecule has 0 saturated carbocycles. The summed E-state index contributed by atoms with van der Waals surface area (Å²) in [5, 5.41) is 6.97. The number of rotatable bonds is 2. The van der Waals surface area contributed by atoms with Crippen molar-refractivity contribution in [1.82, 2.24) is 10.3 Å². The number of amides is 2. The van der Waals surface area contributed by atoms with E-state index in [0.29, 0.717) is 6.61 Å². The molecule has 1 atom stereocenters. The molecule has 0 unspecified atom stereocenters. The van der Waals surface area contributed by atoms with Gasteiger partial charge in [0.15, 0.2) is 0 Å². The molecule has 0 radical (unpaired) electrons. The number of H-pyrrole nitrogens is 1. The number of hydrogen-bond donors (Lipinski definition) is 3. The average Bonchev–Trinajstić information content (AvgIpc) is 3.05. The molecule has 1 aromatic heterocycles. The zero-order valence-electron chi connectivity index (χ0n) is 12.5.